The van der Waals surface area contributed by atoms with Crippen LogP contribution >= 0.6 is 11.8 Å². The van der Waals surface area contributed by atoms with Crippen molar-refractivity contribution >= 4 is 11.8 Å². The van der Waals surface area contributed by atoms with Gasteiger partial charge in [-0.15, -0.1) is 0 Å². The molecule has 2 unspecified atom stereocenters. The van der Waals surface area contributed by atoms with Crippen LogP contribution in [0.2, 0.25) is 0 Å². The summed E-state index contributed by atoms with van der Waals surface area (Å²) in [6.45, 7) is 16.1. The fraction of sp³-hybridized carbons (Fsp3) is 0.765. The van der Waals surface area contributed by atoms with Crippen LogP contribution in [0.1, 0.15) is 55.4 Å². The van der Waals surface area contributed by atoms with Crippen molar-refractivity contribution in [1.82, 2.24) is 0 Å². The number of thioether (sulfide) groups is 1. The third-order valence-electron chi connectivity index (χ3n) is 3.35. The Hall–Kier alpha value is -0.490. The van der Waals surface area contributed by atoms with Gasteiger partial charge in [0.15, 0.2) is 5.76 Å². The van der Waals surface area contributed by atoms with Gasteiger partial charge in [0.25, 0.3) is 0 Å². The van der Waals surface area contributed by atoms with E-state index in [2.05, 4.69) is 19.9 Å². The van der Waals surface area contributed by atoms with Crippen molar-refractivity contribution in [2.45, 2.75) is 76.3 Å². The lowest BCUT2D eigenvalue weighted by molar-refractivity contribution is -0.395. The zero-order chi connectivity index (χ0) is 16.8. The summed E-state index contributed by atoms with van der Waals surface area (Å²) in [5.74, 6) is 1.02. The quantitative estimate of drug-likeness (QED) is 0.413. The number of rotatable bonds is 5. The lowest BCUT2D eigenvalue weighted by atomic mass is 9.86. The van der Waals surface area contributed by atoms with E-state index in [1.165, 1.54) is 0 Å². The molecule has 0 amide bonds. The summed E-state index contributed by atoms with van der Waals surface area (Å²) in [6.07, 6.45) is 6.05. The maximum Gasteiger partial charge on any atom is 0.229 e. The maximum atomic E-state index is 5.89. The largest absolute Gasteiger partial charge is 0.337 e. The van der Waals surface area contributed by atoms with Crippen molar-refractivity contribution in [1.29, 1.82) is 0 Å². The van der Waals surface area contributed by atoms with Gasteiger partial charge in [0, 0.05) is 0 Å². The Labute approximate surface area is 138 Å². The van der Waals surface area contributed by atoms with Gasteiger partial charge in [-0.25, -0.2) is 9.78 Å². The molecule has 0 spiro atoms. The van der Waals surface area contributed by atoms with Gasteiger partial charge in [0.2, 0.25) is 4.93 Å². The normalized spacial score (nSPS) is 31.0. The molecular formula is C17H28O4S. The summed E-state index contributed by atoms with van der Waals surface area (Å²) in [4.78, 5) is 22.0. The minimum absolute atomic E-state index is 0.177. The highest BCUT2D eigenvalue weighted by Crippen LogP contribution is 2.73. The lowest BCUT2D eigenvalue weighted by Gasteiger charge is -2.30. The van der Waals surface area contributed by atoms with Crippen LogP contribution in [0.25, 0.3) is 0 Å². The molecule has 1 heterocycles. The molecule has 0 aromatic heterocycles. The van der Waals surface area contributed by atoms with Crippen LogP contribution in [-0.4, -0.2) is 20.9 Å². The summed E-state index contributed by atoms with van der Waals surface area (Å²) in [6, 6.07) is 0. The highest BCUT2D eigenvalue weighted by Gasteiger charge is 2.76. The van der Waals surface area contributed by atoms with Crippen LogP contribution in [0.15, 0.2) is 24.0 Å². The molecule has 1 aliphatic carbocycles. The van der Waals surface area contributed by atoms with E-state index in [9.17, 15) is 0 Å². The number of hydrogen-bond donors (Lipinski definition) is 0. The van der Waals surface area contributed by atoms with Crippen molar-refractivity contribution in [2.75, 3.05) is 0 Å². The summed E-state index contributed by atoms with van der Waals surface area (Å²) in [5.41, 5.74) is -0.786. The average molecular weight is 328 g/mol. The molecule has 0 aromatic rings. The summed E-state index contributed by atoms with van der Waals surface area (Å²) >= 11 is 1.69. The molecular weight excluding hydrogens is 300 g/mol. The third-order valence-corrected chi connectivity index (χ3v) is 5.27. The molecule has 1 aliphatic heterocycles. The van der Waals surface area contributed by atoms with Gasteiger partial charge in [0.05, 0.1) is 10.3 Å². The van der Waals surface area contributed by atoms with Crippen molar-refractivity contribution in [3.63, 3.8) is 0 Å². The zero-order valence-electron chi connectivity index (χ0n) is 14.9. The first-order valence-corrected chi connectivity index (χ1v) is 8.56. The van der Waals surface area contributed by atoms with Gasteiger partial charge in [-0.05, 0) is 53.5 Å². The summed E-state index contributed by atoms with van der Waals surface area (Å²) in [7, 11) is 0. The Bertz CT molecular complexity index is 484. The van der Waals surface area contributed by atoms with Crippen molar-refractivity contribution in [3.8, 4) is 0 Å². The van der Waals surface area contributed by atoms with Crippen LogP contribution < -0.4 is 0 Å². The SMILES string of the molecule is CC(C)C12C=CC=C(OOC(C)(C)C)C1(OOC(C)(C)C)S2. The highest BCUT2D eigenvalue weighted by atomic mass is 32.2. The van der Waals surface area contributed by atoms with E-state index in [-0.39, 0.29) is 4.75 Å². The zero-order valence-corrected chi connectivity index (χ0v) is 15.7. The second-order valence-corrected chi connectivity index (χ2v) is 9.57. The predicted molar refractivity (Wildman–Crippen MR) is 89.0 cm³/mol. The van der Waals surface area contributed by atoms with Gasteiger partial charge in [-0.1, -0.05) is 37.8 Å². The summed E-state index contributed by atoms with van der Waals surface area (Å²) < 4.78 is -0.177. The van der Waals surface area contributed by atoms with E-state index in [1.54, 1.807) is 11.8 Å². The second-order valence-electron chi connectivity index (χ2n) is 8.11. The minimum Gasteiger partial charge on any atom is -0.337 e. The number of hydrogen-bond acceptors (Lipinski definition) is 5. The summed E-state index contributed by atoms with van der Waals surface area (Å²) in [5, 5.41) is 0. The van der Waals surface area contributed by atoms with Crippen LogP contribution in [0.5, 0.6) is 0 Å². The Morgan fingerprint density at radius 2 is 1.59 bits per heavy atom. The third kappa shape index (κ3) is 3.37. The molecule has 0 saturated carbocycles. The molecule has 126 valence electrons. The van der Waals surface area contributed by atoms with Crippen LogP contribution in [0, 0.1) is 5.92 Å². The first kappa shape index (κ1) is 17.9. The van der Waals surface area contributed by atoms with Crippen LogP contribution in [-0.2, 0) is 19.6 Å². The maximum absolute atomic E-state index is 5.89. The van der Waals surface area contributed by atoms with E-state index in [4.69, 9.17) is 19.6 Å². The highest BCUT2D eigenvalue weighted by molar-refractivity contribution is 8.10. The molecule has 0 bridgehead atoms. The molecule has 1 saturated heterocycles. The van der Waals surface area contributed by atoms with Crippen molar-refractivity contribution in [3.05, 3.63) is 24.0 Å². The van der Waals surface area contributed by atoms with Crippen molar-refractivity contribution in [2.24, 2.45) is 5.92 Å². The van der Waals surface area contributed by atoms with E-state index in [0.717, 1.165) is 0 Å². The molecule has 1 fully saturated rings. The van der Waals surface area contributed by atoms with E-state index in [1.807, 2.05) is 53.7 Å². The van der Waals surface area contributed by atoms with Gasteiger partial charge in [-0.2, -0.15) is 4.89 Å². The fourth-order valence-electron chi connectivity index (χ4n) is 2.24. The topological polar surface area (TPSA) is 36.9 Å². The molecule has 2 rings (SSSR count). The van der Waals surface area contributed by atoms with Crippen molar-refractivity contribution < 1.29 is 19.6 Å². The number of allylic oxidation sites excluding steroid dienone is 2. The molecule has 0 N–H and O–H groups in total. The molecule has 0 radical (unpaired) electrons. The minimum atomic E-state index is -0.672. The van der Waals surface area contributed by atoms with Crippen LogP contribution in [0.4, 0.5) is 0 Å². The number of fused-ring (bicyclic) bond motifs is 1. The van der Waals surface area contributed by atoms with Gasteiger partial charge in [-0.3, -0.25) is 0 Å². The second kappa shape index (κ2) is 5.55. The van der Waals surface area contributed by atoms with Gasteiger partial charge >= 0.3 is 0 Å². The molecule has 22 heavy (non-hydrogen) atoms. The van der Waals surface area contributed by atoms with Crippen LogP contribution in [0.3, 0.4) is 0 Å². The Kier molecular flexibility index (Phi) is 4.50. The van der Waals surface area contributed by atoms with E-state index >= 15 is 0 Å². The smallest absolute Gasteiger partial charge is 0.229 e. The molecule has 0 aromatic carbocycles. The van der Waals surface area contributed by atoms with Gasteiger partial charge in [0.1, 0.15) is 5.60 Å². The lowest BCUT2D eigenvalue weighted by Crippen LogP contribution is -2.39. The Balaban J connectivity index is 2.20. The first-order chi connectivity index (χ1) is 9.92. The monoisotopic (exact) mass is 328 g/mol. The average Bonchev–Trinajstić information content (AvgIpc) is 3.03. The molecule has 2 aliphatic rings. The molecule has 4 nitrogen and oxygen atoms in total. The first-order valence-electron chi connectivity index (χ1n) is 7.75. The fourth-order valence-corrected chi connectivity index (χ4v) is 3.75. The molecule has 2 atom stereocenters. The standard InChI is InChI=1S/C17H28O4S/c1-12(2)16-11-9-10-13(18-19-14(3,4)5)17(16,22-16)21-20-15(6,7)8/h9-12H,1-8H3. The van der Waals surface area contributed by atoms with Gasteiger partial charge < -0.3 is 4.89 Å². The Morgan fingerprint density at radius 1 is 1.00 bits per heavy atom. The molecule has 5 heteroatoms. The van der Waals surface area contributed by atoms with E-state index < -0.39 is 16.1 Å². The predicted octanol–water partition coefficient (Wildman–Crippen LogP) is 4.77. The van der Waals surface area contributed by atoms with E-state index in [0.29, 0.717) is 11.7 Å². The Morgan fingerprint density at radius 3 is 2.09 bits per heavy atom.